The minimum Gasteiger partial charge on any atom is -0.273 e. The molecule has 0 fully saturated rings. The molecule has 1 aliphatic heterocycles. The van der Waals surface area contributed by atoms with Crippen LogP contribution in [0.4, 0.5) is 0 Å². The molecule has 0 saturated carbocycles. The molecule has 1 heterocycles. The summed E-state index contributed by atoms with van der Waals surface area (Å²) in [6, 6.07) is 0.285. The standard InChI is InChI=1S/C8H14N2O/c1-4-8-6(2)5-9-10(8)7(3)11/h5-6,8H,4H2,1-3H3/t6-,8-/m0/s1. The molecule has 1 rings (SSSR count). The van der Waals surface area contributed by atoms with E-state index in [-0.39, 0.29) is 11.9 Å². The third kappa shape index (κ3) is 1.42. The third-order valence-electron chi connectivity index (χ3n) is 2.09. The summed E-state index contributed by atoms with van der Waals surface area (Å²) in [5.41, 5.74) is 0. The third-order valence-corrected chi connectivity index (χ3v) is 2.09. The minimum absolute atomic E-state index is 0.0393. The number of hydrazone groups is 1. The van der Waals surface area contributed by atoms with Gasteiger partial charge in [-0.2, -0.15) is 5.10 Å². The van der Waals surface area contributed by atoms with Crippen LogP contribution in [0.3, 0.4) is 0 Å². The van der Waals surface area contributed by atoms with Gasteiger partial charge in [-0.05, 0) is 6.42 Å². The molecule has 1 aliphatic rings. The van der Waals surface area contributed by atoms with Gasteiger partial charge in [0.05, 0.1) is 6.04 Å². The van der Waals surface area contributed by atoms with E-state index in [1.807, 2.05) is 6.21 Å². The highest BCUT2D eigenvalue weighted by Gasteiger charge is 2.28. The van der Waals surface area contributed by atoms with Crippen LogP contribution in [0.2, 0.25) is 0 Å². The Kier molecular flexibility index (Phi) is 2.27. The molecule has 0 aromatic heterocycles. The number of hydrogen-bond acceptors (Lipinski definition) is 2. The highest BCUT2D eigenvalue weighted by molar-refractivity contribution is 5.77. The van der Waals surface area contributed by atoms with Crippen molar-refractivity contribution in [3.63, 3.8) is 0 Å². The van der Waals surface area contributed by atoms with Crippen LogP contribution in [0, 0.1) is 5.92 Å². The van der Waals surface area contributed by atoms with Gasteiger partial charge in [0.1, 0.15) is 0 Å². The topological polar surface area (TPSA) is 32.7 Å². The molecular weight excluding hydrogens is 140 g/mol. The van der Waals surface area contributed by atoms with Gasteiger partial charge in [0.15, 0.2) is 0 Å². The van der Waals surface area contributed by atoms with Crippen LogP contribution in [0.25, 0.3) is 0 Å². The molecule has 0 saturated heterocycles. The Bertz CT molecular complexity index is 189. The van der Waals surface area contributed by atoms with Gasteiger partial charge in [-0.1, -0.05) is 13.8 Å². The summed E-state index contributed by atoms with van der Waals surface area (Å²) in [5.74, 6) is 0.446. The minimum atomic E-state index is 0.0393. The van der Waals surface area contributed by atoms with Gasteiger partial charge in [0.2, 0.25) is 5.91 Å². The second-order valence-electron chi connectivity index (χ2n) is 2.96. The van der Waals surface area contributed by atoms with Gasteiger partial charge < -0.3 is 0 Å². The normalized spacial score (nSPS) is 29.5. The summed E-state index contributed by atoms with van der Waals surface area (Å²) in [6.07, 6.45) is 2.82. The second kappa shape index (κ2) is 3.03. The molecule has 0 aromatic rings. The number of nitrogens with zero attached hydrogens (tertiary/aromatic N) is 2. The lowest BCUT2D eigenvalue weighted by Crippen LogP contribution is -2.33. The van der Waals surface area contributed by atoms with Crippen molar-refractivity contribution in [2.75, 3.05) is 0 Å². The Hall–Kier alpha value is -0.860. The summed E-state index contributed by atoms with van der Waals surface area (Å²) in [4.78, 5) is 11.0. The zero-order chi connectivity index (χ0) is 8.43. The Morgan fingerprint density at radius 2 is 2.36 bits per heavy atom. The van der Waals surface area contributed by atoms with Crippen LogP contribution in [0.15, 0.2) is 5.10 Å². The van der Waals surface area contributed by atoms with E-state index in [0.29, 0.717) is 5.92 Å². The van der Waals surface area contributed by atoms with Gasteiger partial charge in [0, 0.05) is 19.1 Å². The molecule has 3 nitrogen and oxygen atoms in total. The van der Waals surface area contributed by atoms with Gasteiger partial charge in [-0.15, -0.1) is 0 Å². The molecule has 11 heavy (non-hydrogen) atoms. The van der Waals surface area contributed by atoms with E-state index in [1.54, 1.807) is 11.9 Å². The molecule has 0 N–H and O–H groups in total. The van der Waals surface area contributed by atoms with Crippen LogP contribution in [0.5, 0.6) is 0 Å². The maximum absolute atomic E-state index is 11.0. The average Bonchev–Trinajstić information content (AvgIpc) is 2.30. The molecule has 62 valence electrons. The zero-order valence-electron chi connectivity index (χ0n) is 7.24. The summed E-state index contributed by atoms with van der Waals surface area (Å²) in [5, 5.41) is 5.60. The maximum atomic E-state index is 11.0. The van der Waals surface area contributed by atoms with Crippen molar-refractivity contribution in [1.29, 1.82) is 0 Å². The first-order chi connectivity index (χ1) is 5.16. The number of amides is 1. The van der Waals surface area contributed by atoms with Gasteiger partial charge >= 0.3 is 0 Å². The predicted octanol–water partition coefficient (Wildman–Crippen LogP) is 1.25. The number of carbonyl (C=O) groups is 1. The lowest BCUT2D eigenvalue weighted by molar-refractivity contribution is -0.130. The van der Waals surface area contributed by atoms with E-state index in [4.69, 9.17) is 0 Å². The van der Waals surface area contributed by atoms with Crippen molar-refractivity contribution >= 4 is 12.1 Å². The van der Waals surface area contributed by atoms with E-state index in [0.717, 1.165) is 6.42 Å². The van der Waals surface area contributed by atoms with Crippen molar-refractivity contribution in [1.82, 2.24) is 5.01 Å². The van der Waals surface area contributed by atoms with Gasteiger partial charge in [-0.3, -0.25) is 4.79 Å². The zero-order valence-corrected chi connectivity index (χ0v) is 7.24. The largest absolute Gasteiger partial charge is 0.273 e. The fourth-order valence-electron chi connectivity index (χ4n) is 1.44. The van der Waals surface area contributed by atoms with Gasteiger partial charge in [0.25, 0.3) is 0 Å². The van der Waals surface area contributed by atoms with Crippen LogP contribution in [-0.4, -0.2) is 23.2 Å². The molecule has 0 radical (unpaired) electrons. The molecule has 0 aliphatic carbocycles. The highest BCUT2D eigenvalue weighted by atomic mass is 16.2. The van der Waals surface area contributed by atoms with Crippen molar-refractivity contribution < 1.29 is 4.79 Å². The number of hydrogen-bond donors (Lipinski definition) is 0. The molecule has 2 atom stereocenters. The average molecular weight is 154 g/mol. The Morgan fingerprint density at radius 1 is 1.73 bits per heavy atom. The Labute approximate surface area is 67.1 Å². The monoisotopic (exact) mass is 154 g/mol. The van der Waals surface area contributed by atoms with Gasteiger partial charge in [-0.25, -0.2) is 5.01 Å². The summed E-state index contributed by atoms with van der Waals surface area (Å²) < 4.78 is 0. The van der Waals surface area contributed by atoms with E-state index in [2.05, 4.69) is 18.9 Å². The first-order valence-corrected chi connectivity index (χ1v) is 4.00. The van der Waals surface area contributed by atoms with E-state index < -0.39 is 0 Å². The fraction of sp³-hybridized carbons (Fsp3) is 0.750. The predicted molar refractivity (Wildman–Crippen MR) is 44.3 cm³/mol. The van der Waals surface area contributed by atoms with Crippen molar-refractivity contribution in [2.45, 2.75) is 33.2 Å². The molecule has 0 spiro atoms. The number of carbonyl (C=O) groups excluding carboxylic acids is 1. The van der Waals surface area contributed by atoms with Crippen LogP contribution >= 0.6 is 0 Å². The first kappa shape index (κ1) is 8.24. The van der Waals surface area contributed by atoms with Crippen molar-refractivity contribution in [3.05, 3.63) is 0 Å². The second-order valence-corrected chi connectivity index (χ2v) is 2.96. The van der Waals surface area contributed by atoms with Crippen LogP contribution in [-0.2, 0) is 4.79 Å². The quantitative estimate of drug-likeness (QED) is 0.559. The molecule has 0 unspecified atom stereocenters. The van der Waals surface area contributed by atoms with Crippen molar-refractivity contribution in [2.24, 2.45) is 11.0 Å². The molecular formula is C8H14N2O. The smallest absolute Gasteiger partial charge is 0.239 e. The number of rotatable bonds is 1. The van der Waals surface area contributed by atoms with Crippen LogP contribution in [0.1, 0.15) is 27.2 Å². The first-order valence-electron chi connectivity index (χ1n) is 4.00. The molecule has 0 bridgehead atoms. The summed E-state index contributed by atoms with van der Waals surface area (Å²) in [6.45, 7) is 5.71. The molecule has 0 aromatic carbocycles. The Morgan fingerprint density at radius 3 is 2.73 bits per heavy atom. The fourth-order valence-corrected chi connectivity index (χ4v) is 1.44. The SMILES string of the molecule is CC[C@H]1[C@@H](C)C=NN1C(C)=O. The van der Waals surface area contributed by atoms with E-state index in [9.17, 15) is 4.79 Å². The van der Waals surface area contributed by atoms with Crippen molar-refractivity contribution in [3.8, 4) is 0 Å². The Balaban J connectivity index is 2.68. The van der Waals surface area contributed by atoms with E-state index in [1.165, 1.54) is 0 Å². The van der Waals surface area contributed by atoms with E-state index >= 15 is 0 Å². The lowest BCUT2D eigenvalue weighted by Gasteiger charge is -2.21. The highest BCUT2D eigenvalue weighted by Crippen LogP contribution is 2.19. The molecule has 1 amide bonds. The van der Waals surface area contributed by atoms with Crippen LogP contribution < -0.4 is 0 Å². The summed E-state index contributed by atoms with van der Waals surface area (Å²) >= 11 is 0. The lowest BCUT2D eigenvalue weighted by atomic mass is 10.0. The summed E-state index contributed by atoms with van der Waals surface area (Å²) in [7, 11) is 0. The molecule has 3 heteroatoms. The maximum Gasteiger partial charge on any atom is 0.239 e.